The quantitative estimate of drug-likeness (QED) is 0.316. The van der Waals surface area contributed by atoms with Crippen molar-refractivity contribution in [2.24, 2.45) is 0 Å². The second kappa shape index (κ2) is 10.0. The van der Waals surface area contributed by atoms with Gasteiger partial charge in [-0.15, -0.1) is 0 Å². The highest BCUT2D eigenvalue weighted by molar-refractivity contribution is 5.82. The molecule has 5 rings (SSSR count). The first-order valence-corrected chi connectivity index (χ1v) is 11.9. The van der Waals surface area contributed by atoms with E-state index in [2.05, 4.69) is 10.3 Å². The molecule has 0 bridgehead atoms. The molecule has 1 atom stereocenters. The van der Waals surface area contributed by atoms with Gasteiger partial charge in [0.15, 0.2) is 5.58 Å². The molecule has 190 valence electrons. The van der Waals surface area contributed by atoms with Crippen molar-refractivity contribution in [2.75, 3.05) is 18.5 Å². The normalized spacial score (nSPS) is 16.6. The van der Waals surface area contributed by atoms with Crippen LogP contribution >= 0.6 is 0 Å². The lowest BCUT2D eigenvalue weighted by atomic mass is 10.1. The first-order valence-electron chi connectivity index (χ1n) is 11.9. The highest BCUT2D eigenvalue weighted by Gasteiger charge is 2.47. The van der Waals surface area contributed by atoms with Gasteiger partial charge in [-0.05, 0) is 60.5 Å². The summed E-state index contributed by atoms with van der Waals surface area (Å²) >= 11 is 0. The highest BCUT2D eigenvalue weighted by Crippen LogP contribution is 2.33. The fraction of sp³-hybridized carbons (Fsp3) is 0.250. The van der Waals surface area contributed by atoms with E-state index < -0.39 is 30.8 Å². The molecule has 3 aromatic carbocycles. The highest BCUT2D eigenvalue weighted by atomic mass is 19.3. The second-order valence-electron chi connectivity index (χ2n) is 9.17. The number of anilines is 2. The number of rotatable bonds is 8. The number of halogens is 2. The molecule has 0 radical (unpaired) electrons. The summed E-state index contributed by atoms with van der Waals surface area (Å²) in [5.41, 5.74) is 4.13. The Balaban J connectivity index is 1.26. The Bertz CT molecular complexity index is 1440. The van der Waals surface area contributed by atoms with E-state index >= 15 is 0 Å². The monoisotopic (exact) mass is 505 g/mol. The summed E-state index contributed by atoms with van der Waals surface area (Å²) in [5.74, 6) is -2.96. The molecule has 0 aliphatic carbocycles. The van der Waals surface area contributed by atoms with Gasteiger partial charge in [0.2, 0.25) is 5.91 Å². The lowest BCUT2D eigenvalue weighted by Gasteiger charge is -2.24. The maximum atomic E-state index is 14.3. The number of nitrogens with zero attached hydrogens (tertiary/aromatic N) is 2. The van der Waals surface area contributed by atoms with Gasteiger partial charge < -0.3 is 19.4 Å². The zero-order valence-corrected chi connectivity index (χ0v) is 20.1. The number of fused-ring (bicyclic) bond motifs is 1. The van der Waals surface area contributed by atoms with Crippen LogP contribution in [0.5, 0.6) is 5.75 Å². The van der Waals surface area contributed by atoms with Crippen LogP contribution in [0.25, 0.3) is 11.1 Å². The molecule has 9 heteroatoms. The van der Waals surface area contributed by atoms with Crippen molar-refractivity contribution in [3.63, 3.8) is 0 Å². The molecule has 0 spiro atoms. The number of aldehydes is 1. The summed E-state index contributed by atoms with van der Waals surface area (Å²) in [6, 6.07) is 18.8. The number of likely N-dealkylation sites (tertiary alicyclic amines) is 1. The summed E-state index contributed by atoms with van der Waals surface area (Å²) in [7, 11) is 0. The van der Waals surface area contributed by atoms with Crippen LogP contribution in [-0.2, 0) is 11.2 Å². The number of carbonyl (C=O) groups excluding carboxylic acids is 2. The lowest BCUT2D eigenvalue weighted by Crippen LogP contribution is -2.40. The SMILES string of the molecule is Cc1ccccc1Nc1nc2ccc(CC(=O)N3CC(F)(F)CC3COc3ccc(C=O)cc3)cc2o1. The van der Waals surface area contributed by atoms with Gasteiger partial charge in [-0.3, -0.25) is 9.59 Å². The summed E-state index contributed by atoms with van der Waals surface area (Å²) in [6.45, 7) is 1.24. The molecular formula is C28H25F2N3O4. The van der Waals surface area contributed by atoms with Crippen LogP contribution in [0.2, 0.25) is 0 Å². The minimum Gasteiger partial charge on any atom is -0.491 e. The van der Waals surface area contributed by atoms with Gasteiger partial charge in [-0.25, -0.2) is 8.78 Å². The van der Waals surface area contributed by atoms with Crippen molar-refractivity contribution in [2.45, 2.75) is 31.7 Å². The maximum absolute atomic E-state index is 14.3. The predicted molar refractivity (Wildman–Crippen MR) is 135 cm³/mol. The van der Waals surface area contributed by atoms with E-state index in [1.807, 2.05) is 31.2 Å². The van der Waals surface area contributed by atoms with Crippen molar-refractivity contribution < 1.29 is 27.5 Å². The number of oxazole rings is 1. The average Bonchev–Trinajstić information content (AvgIpc) is 3.43. The van der Waals surface area contributed by atoms with Gasteiger partial charge in [0.05, 0.1) is 19.0 Å². The zero-order chi connectivity index (χ0) is 26.0. The van der Waals surface area contributed by atoms with Gasteiger partial charge in [0, 0.05) is 17.7 Å². The number of benzene rings is 3. The first-order chi connectivity index (χ1) is 17.8. The molecule has 1 aromatic heterocycles. The molecule has 1 aliphatic rings. The van der Waals surface area contributed by atoms with E-state index in [-0.39, 0.29) is 13.0 Å². The number of hydrogen-bond acceptors (Lipinski definition) is 6. The Morgan fingerprint density at radius 3 is 2.73 bits per heavy atom. The largest absolute Gasteiger partial charge is 0.491 e. The first kappa shape index (κ1) is 24.4. The third-order valence-electron chi connectivity index (χ3n) is 6.35. The molecule has 1 N–H and O–H groups in total. The molecule has 4 aromatic rings. The number of hydrogen-bond donors (Lipinski definition) is 1. The van der Waals surface area contributed by atoms with Gasteiger partial charge in [-0.2, -0.15) is 4.98 Å². The summed E-state index contributed by atoms with van der Waals surface area (Å²) in [4.78, 5) is 29.5. The van der Waals surface area contributed by atoms with E-state index in [4.69, 9.17) is 9.15 Å². The molecule has 0 saturated carbocycles. The molecule has 2 heterocycles. The van der Waals surface area contributed by atoms with Crippen molar-refractivity contribution in [1.82, 2.24) is 9.88 Å². The topological polar surface area (TPSA) is 84.7 Å². The Labute approximate surface area is 212 Å². The Morgan fingerprint density at radius 2 is 1.97 bits per heavy atom. The Morgan fingerprint density at radius 1 is 1.19 bits per heavy atom. The minimum absolute atomic E-state index is 0.0577. The standard InChI is InChI=1S/C28H25F2N3O4/c1-18-4-2-3-5-23(18)31-27-32-24-11-8-20(12-25(24)37-27)13-26(35)33-17-28(29,30)14-21(33)16-36-22-9-6-19(15-34)7-10-22/h2-12,15,21H,13-14,16-17H2,1H3,(H,31,32). The third kappa shape index (κ3) is 5.61. The van der Waals surface area contributed by atoms with E-state index in [0.717, 1.165) is 11.3 Å². The fourth-order valence-electron chi connectivity index (χ4n) is 4.41. The smallest absolute Gasteiger partial charge is 0.300 e. The van der Waals surface area contributed by atoms with Crippen molar-refractivity contribution in [1.29, 1.82) is 0 Å². The number of amides is 1. The van der Waals surface area contributed by atoms with E-state index in [0.29, 0.717) is 40.3 Å². The van der Waals surface area contributed by atoms with Gasteiger partial charge in [0.25, 0.3) is 11.9 Å². The Hall–Kier alpha value is -4.27. The summed E-state index contributed by atoms with van der Waals surface area (Å²) in [6.07, 6.45) is 0.178. The molecular weight excluding hydrogens is 480 g/mol. The van der Waals surface area contributed by atoms with E-state index in [1.165, 1.54) is 4.90 Å². The number of aromatic nitrogens is 1. The van der Waals surface area contributed by atoms with Crippen molar-refractivity contribution in [3.05, 3.63) is 83.4 Å². The Kier molecular flexibility index (Phi) is 6.60. The molecule has 1 unspecified atom stereocenters. The number of carbonyl (C=O) groups is 2. The molecule has 1 saturated heterocycles. The number of nitrogens with one attached hydrogen (secondary N) is 1. The van der Waals surface area contributed by atoms with Crippen LogP contribution in [0.4, 0.5) is 20.5 Å². The summed E-state index contributed by atoms with van der Waals surface area (Å²) < 4.78 is 40.0. The van der Waals surface area contributed by atoms with Crippen LogP contribution in [0.1, 0.15) is 27.9 Å². The number of aryl methyl sites for hydroxylation is 1. The molecule has 1 amide bonds. The average molecular weight is 506 g/mol. The van der Waals surface area contributed by atoms with Crippen LogP contribution in [0, 0.1) is 6.92 Å². The zero-order valence-electron chi connectivity index (χ0n) is 20.1. The molecule has 7 nitrogen and oxygen atoms in total. The minimum atomic E-state index is -2.99. The number of para-hydroxylation sites is 1. The van der Waals surface area contributed by atoms with Crippen molar-refractivity contribution >= 4 is 35.0 Å². The third-order valence-corrected chi connectivity index (χ3v) is 6.35. The molecule has 1 fully saturated rings. The maximum Gasteiger partial charge on any atom is 0.300 e. The number of ether oxygens (including phenoxy) is 1. The van der Waals surface area contributed by atoms with Gasteiger partial charge in [-0.1, -0.05) is 24.3 Å². The van der Waals surface area contributed by atoms with Gasteiger partial charge >= 0.3 is 0 Å². The van der Waals surface area contributed by atoms with Crippen LogP contribution in [0.3, 0.4) is 0 Å². The van der Waals surface area contributed by atoms with E-state index in [1.54, 1.807) is 42.5 Å². The van der Waals surface area contributed by atoms with E-state index in [9.17, 15) is 18.4 Å². The van der Waals surface area contributed by atoms with Gasteiger partial charge in [0.1, 0.15) is 24.2 Å². The van der Waals surface area contributed by atoms with Crippen molar-refractivity contribution in [3.8, 4) is 5.75 Å². The van der Waals surface area contributed by atoms with Crippen LogP contribution in [-0.4, -0.2) is 47.2 Å². The van der Waals surface area contributed by atoms with Crippen LogP contribution < -0.4 is 10.1 Å². The predicted octanol–water partition coefficient (Wildman–Crippen LogP) is 5.55. The molecule has 37 heavy (non-hydrogen) atoms. The summed E-state index contributed by atoms with van der Waals surface area (Å²) in [5, 5.41) is 3.15. The lowest BCUT2D eigenvalue weighted by molar-refractivity contribution is -0.133. The van der Waals surface area contributed by atoms with Crippen LogP contribution in [0.15, 0.2) is 71.1 Å². The molecule has 1 aliphatic heterocycles. The second-order valence-corrected chi connectivity index (χ2v) is 9.17. The number of alkyl halides is 2. The fourth-order valence-corrected chi connectivity index (χ4v) is 4.41.